The normalized spacial score (nSPS) is 24.2. The molecule has 1 saturated heterocycles. The predicted octanol–water partition coefficient (Wildman–Crippen LogP) is 1.67. The fourth-order valence-electron chi connectivity index (χ4n) is 1.93. The summed E-state index contributed by atoms with van der Waals surface area (Å²) in [5.41, 5.74) is 0. The average Bonchev–Trinajstić information content (AvgIpc) is 2.17. The quantitative estimate of drug-likeness (QED) is 0.693. The van der Waals surface area contributed by atoms with E-state index in [4.69, 9.17) is 0 Å². The van der Waals surface area contributed by atoms with Gasteiger partial charge in [-0.2, -0.15) is 0 Å². The molecule has 0 aromatic rings. The highest BCUT2D eigenvalue weighted by Crippen LogP contribution is 2.20. The molecule has 0 radical (unpaired) electrons. The number of hydrogen-bond acceptors (Lipinski definition) is 2. The van der Waals surface area contributed by atoms with E-state index in [2.05, 4.69) is 24.1 Å². The predicted molar refractivity (Wildman–Crippen MR) is 53.1 cm³/mol. The summed E-state index contributed by atoms with van der Waals surface area (Å²) in [5, 5.41) is 3.29. The summed E-state index contributed by atoms with van der Waals surface area (Å²) in [4.78, 5) is 2.53. The van der Waals surface area contributed by atoms with Crippen LogP contribution in [0.25, 0.3) is 0 Å². The molecule has 0 amide bonds. The number of nitrogens with zero attached hydrogens (tertiary/aromatic N) is 1. The maximum absolute atomic E-state index is 3.29. The van der Waals surface area contributed by atoms with Crippen LogP contribution in [0.5, 0.6) is 0 Å². The Hall–Kier alpha value is -0.0800. The van der Waals surface area contributed by atoms with Gasteiger partial charge >= 0.3 is 0 Å². The zero-order chi connectivity index (χ0) is 8.97. The summed E-state index contributed by atoms with van der Waals surface area (Å²) in [7, 11) is 2.04. The summed E-state index contributed by atoms with van der Waals surface area (Å²) in [5.74, 6) is 0.991. The van der Waals surface area contributed by atoms with Gasteiger partial charge < -0.3 is 5.32 Å². The van der Waals surface area contributed by atoms with Gasteiger partial charge in [0.05, 0.1) is 6.17 Å². The van der Waals surface area contributed by atoms with Gasteiger partial charge in [-0.15, -0.1) is 0 Å². The van der Waals surface area contributed by atoms with Crippen molar-refractivity contribution in [3.8, 4) is 0 Å². The highest BCUT2D eigenvalue weighted by molar-refractivity contribution is 4.73. The number of nitrogens with one attached hydrogen (secondary N) is 1. The molecule has 0 bridgehead atoms. The van der Waals surface area contributed by atoms with Gasteiger partial charge in [0.2, 0.25) is 0 Å². The Morgan fingerprint density at radius 2 is 2.00 bits per heavy atom. The van der Waals surface area contributed by atoms with Crippen LogP contribution in [0.4, 0.5) is 0 Å². The molecule has 0 spiro atoms. The summed E-state index contributed by atoms with van der Waals surface area (Å²) in [6.45, 7) is 7.11. The van der Waals surface area contributed by atoms with E-state index in [9.17, 15) is 0 Å². The van der Waals surface area contributed by atoms with E-state index in [1.165, 1.54) is 32.4 Å². The highest BCUT2D eigenvalue weighted by Gasteiger charge is 2.20. The van der Waals surface area contributed by atoms with Crippen molar-refractivity contribution in [1.29, 1.82) is 0 Å². The molecular formula is C10H22N2. The Morgan fingerprint density at radius 1 is 1.42 bits per heavy atom. The highest BCUT2D eigenvalue weighted by atomic mass is 15.3. The number of hydrogen-bond donors (Lipinski definition) is 1. The topological polar surface area (TPSA) is 15.3 Å². The lowest BCUT2D eigenvalue weighted by Gasteiger charge is -2.35. The Bertz CT molecular complexity index is 117. The molecule has 0 aromatic heterocycles. The third-order valence-corrected chi connectivity index (χ3v) is 3.19. The van der Waals surface area contributed by atoms with Gasteiger partial charge in [0.1, 0.15) is 0 Å². The molecule has 72 valence electrons. The third kappa shape index (κ3) is 2.46. The van der Waals surface area contributed by atoms with Crippen LogP contribution in [0.15, 0.2) is 0 Å². The van der Waals surface area contributed by atoms with Crippen LogP contribution in [0.1, 0.15) is 33.1 Å². The third-order valence-electron chi connectivity index (χ3n) is 3.19. The SMILES string of the molecule is CCC1CCN(C(C)NC)CC1. The molecule has 2 nitrogen and oxygen atoms in total. The first-order valence-corrected chi connectivity index (χ1v) is 5.19. The Morgan fingerprint density at radius 3 is 2.42 bits per heavy atom. The molecule has 1 rings (SSSR count). The summed E-state index contributed by atoms with van der Waals surface area (Å²) in [6.07, 6.45) is 4.70. The van der Waals surface area contributed by atoms with E-state index in [-0.39, 0.29) is 0 Å². The summed E-state index contributed by atoms with van der Waals surface area (Å²) < 4.78 is 0. The fourth-order valence-corrected chi connectivity index (χ4v) is 1.93. The van der Waals surface area contributed by atoms with Crippen LogP contribution >= 0.6 is 0 Å². The lowest BCUT2D eigenvalue weighted by Crippen LogP contribution is -2.46. The molecule has 0 aliphatic carbocycles. The van der Waals surface area contributed by atoms with Crippen molar-refractivity contribution in [3.63, 3.8) is 0 Å². The Balaban J connectivity index is 2.25. The second kappa shape index (κ2) is 4.83. The largest absolute Gasteiger partial charge is 0.305 e. The van der Waals surface area contributed by atoms with Gasteiger partial charge in [-0.1, -0.05) is 13.3 Å². The fraction of sp³-hybridized carbons (Fsp3) is 1.00. The maximum atomic E-state index is 3.29. The van der Waals surface area contributed by atoms with E-state index in [0.717, 1.165) is 5.92 Å². The molecule has 1 aliphatic heterocycles. The Labute approximate surface area is 76.3 Å². The molecule has 12 heavy (non-hydrogen) atoms. The molecule has 0 saturated carbocycles. The van der Waals surface area contributed by atoms with E-state index >= 15 is 0 Å². The molecule has 1 fully saturated rings. The number of likely N-dealkylation sites (tertiary alicyclic amines) is 1. The van der Waals surface area contributed by atoms with E-state index in [0.29, 0.717) is 6.17 Å². The molecular weight excluding hydrogens is 148 g/mol. The zero-order valence-corrected chi connectivity index (χ0v) is 8.64. The first-order chi connectivity index (χ1) is 5.77. The van der Waals surface area contributed by atoms with Crippen LogP contribution in [0.2, 0.25) is 0 Å². The molecule has 1 atom stereocenters. The monoisotopic (exact) mass is 170 g/mol. The van der Waals surface area contributed by atoms with Crippen molar-refractivity contribution < 1.29 is 0 Å². The van der Waals surface area contributed by atoms with Crippen LogP contribution in [-0.4, -0.2) is 31.2 Å². The van der Waals surface area contributed by atoms with Gasteiger partial charge in [-0.05, 0) is 45.8 Å². The molecule has 1 heterocycles. The van der Waals surface area contributed by atoms with Gasteiger partial charge in [0.15, 0.2) is 0 Å². The molecule has 0 aromatic carbocycles. The van der Waals surface area contributed by atoms with E-state index in [1.54, 1.807) is 0 Å². The minimum Gasteiger partial charge on any atom is -0.305 e. The molecule has 2 heteroatoms. The van der Waals surface area contributed by atoms with Crippen molar-refractivity contribution in [2.75, 3.05) is 20.1 Å². The standard InChI is InChI=1S/C10H22N2/c1-4-10-5-7-12(8-6-10)9(2)11-3/h9-11H,4-8H2,1-3H3. The summed E-state index contributed by atoms with van der Waals surface area (Å²) in [6, 6.07) is 0. The van der Waals surface area contributed by atoms with Gasteiger partial charge in [0, 0.05) is 0 Å². The van der Waals surface area contributed by atoms with Crippen molar-refractivity contribution >= 4 is 0 Å². The lowest BCUT2D eigenvalue weighted by atomic mass is 9.94. The minimum atomic E-state index is 0.558. The van der Waals surface area contributed by atoms with Crippen LogP contribution in [0, 0.1) is 5.92 Å². The van der Waals surface area contributed by atoms with Crippen molar-refractivity contribution in [2.45, 2.75) is 39.3 Å². The van der Waals surface area contributed by atoms with Gasteiger partial charge in [0.25, 0.3) is 0 Å². The smallest absolute Gasteiger partial charge is 0.0565 e. The lowest BCUT2D eigenvalue weighted by molar-refractivity contribution is 0.125. The maximum Gasteiger partial charge on any atom is 0.0565 e. The van der Waals surface area contributed by atoms with Crippen LogP contribution < -0.4 is 5.32 Å². The molecule has 1 aliphatic rings. The number of piperidine rings is 1. The first kappa shape index (κ1) is 10.0. The van der Waals surface area contributed by atoms with Gasteiger partial charge in [-0.3, -0.25) is 4.90 Å². The van der Waals surface area contributed by atoms with Gasteiger partial charge in [-0.25, -0.2) is 0 Å². The van der Waals surface area contributed by atoms with Crippen molar-refractivity contribution in [1.82, 2.24) is 10.2 Å². The minimum absolute atomic E-state index is 0.558. The average molecular weight is 170 g/mol. The molecule has 1 unspecified atom stereocenters. The first-order valence-electron chi connectivity index (χ1n) is 5.19. The van der Waals surface area contributed by atoms with Crippen molar-refractivity contribution in [2.24, 2.45) is 5.92 Å². The second-order valence-electron chi connectivity index (χ2n) is 3.85. The van der Waals surface area contributed by atoms with Crippen molar-refractivity contribution in [3.05, 3.63) is 0 Å². The zero-order valence-electron chi connectivity index (χ0n) is 8.64. The summed E-state index contributed by atoms with van der Waals surface area (Å²) >= 11 is 0. The Kier molecular flexibility index (Phi) is 4.02. The number of rotatable bonds is 3. The van der Waals surface area contributed by atoms with E-state index in [1.807, 2.05) is 7.05 Å². The van der Waals surface area contributed by atoms with E-state index < -0.39 is 0 Å². The second-order valence-corrected chi connectivity index (χ2v) is 3.85. The molecule has 1 N–H and O–H groups in total. The van der Waals surface area contributed by atoms with Crippen LogP contribution in [-0.2, 0) is 0 Å². The van der Waals surface area contributed by atoms with Crippen LogP contribution in [0.3, 0.4) is 0 Å².